The summed E-state index contributed by atoms with van der Waals surface area (Å²) in [5.74, 6) is 0.746. The van der Waals surface area contributed by atoms with Crippen molar-refractivity contribution in [3.05, 3.63) is 65.5 Å². The minimum absolute atomic E-state index is 0.188. The highest BCUT2D eigenvalue weighted by Gasteiger charge is 2.19. The molecule has 0 aliphatic rings. The average molecular weight is 352 g/mol. The van der Waals surface area contributed by atoms with Gasteiger partial charge < -0.3 is 13.9 Å². The van der Waals surface area contributed by atoms with Crippen LogP contribution in [0.1, 0.15) is 30.0 Å². The quantitative estimate of drug-likeness (QED) is 0.623. The highest BCUT2D eigenvalue weighted by atomic mass is 16.6. The molecule has 0 fully saturated rings. The highest BCUT2D eigenvalue weighted by molar-refractivity contribution is 5.71. The number of carbonyl (C=O) groups excluding carboxylic acids is 1. The maximum absolute atomic E-state index is 12.0. The van der Waals surface area contributed by atoms with E-state index in [9.17, 15) is 4.79 Å². The number of benzene rings is 2. The van der Waals surface area contributed by atoms with Crippen LogP contribution in [0.4, 0.5) is 0 Å². The van der Waals surface area contributed by atoms with Gasteiger partial charge >= 0.3 is 5.97 Å². The van der Waals surface area contributed by atoms with E-state index in [0.717, 1.165) is 11.1 Å². The first-order chi connectivity index (χ1) is 12.5. The third-order valence-corrected chi connectivity index (χ3v) is 3.95. The van der Waals surface area contributed by atoms with Gasteiger partial charge in [-0.15, -0.1) is 10.2 Å². The summed E-state index contributed by atoms with van der Waals surface area (Å²) in [6.07, 6.45) is -0.657. The molecule has 0 amide bonds. The van der Waals surface area contributed by atoms with Crippen LogP contribution in [-0.4, -0.2) is 22.8 Å². The van der Waals surface area contributed by atoms with Crippen LogP contribution in [0.5, 0.6) is 5.75 Å². The predicted octanol–water partition coefficient (Wildman–Crippen LogP) is 4.04. The first-order valence-electron chi connectivity index (χ1n) is 8.31. The van der Waals surface area contributed by atoms with Crippen molar-refractivity contribution in [3.63, 3.8) is 0 Å². The van der Waals surface area contributed by atoms with E-state index < -0.39 is 12.1 Å². The summed E-state index contributed by atoms with van der Waals surface area (Å²) in [6, 6.07) is 15.1. The van der Waals surface area contributed by atoms with Gasteiger partial charge in [-0.25, -0.2) is 4.79 Å². The zero-order valence-corrected chi connectivity index (χ0v) is 14.9. The van der Waals surface area contributed by atoms with Gasteiger partial charge in [0, 0.05) is 5.56 Å². The Morgan fingerprint density at radius 2 is 1.85 bits per heavy atom. The predicted molar refractivity (Wildman–Crippen MR) is 95.7 cm³/mol. The monoisotopic (exact) mass is 352 g/mol. The summed E-state index contributed by atoms with van der Waals surface area (Å²) in [4.78, 5) is 12.0. The third kappa shape index (κ3) is 4.27. The molecule has 1 aromatic heterocycles. The topological polar surface area (TPSA) is 74.5 Å². The number of carbonyl (C=O) groups is 1. The van der Waals surface area contributed by atoms with E-state index >= 15 is 0 Å². The van der Waals surface area contributed by atoms with Gasteiger partial charge in [-0.2, -0.15) is 0 Å². The zero-order chi connectivity index (χ0) is 18.5. The Morgan fingerprint density at radius 3 is 2.58 bits per heavy atom. The van der Waals surface area contributed by atoms with Gasteiger partial charge in [0.15, 0.2) is 12.7 Å². The Bertz CT molecular complexity index is 890. The highest BCUT2D eigenvalue weighted by Crippen LogP contribution is 2.22. The Labute approximate surface area is 151 Å². The molecule has 0 radical (unpaired) electrons. The molecule has 3 rings (SSSR count). The smallest absolute Gasteiger partial charge is 0.344 e. The van der Waals surface area contributed by atoms with Crippen molar-refractivity contribution >= 4 is 5.97 Å². The molecule has 0 aliphatic carbocycles. The van der Waals surface area contributed by atoms with E-state index in [0.29, 0.717) is 11.6 Å². The van der Waals surface area contributed by atoms with Crippen LogP contribution in [0.2, 0.25) is 0 Å². The van der Waals surface area contributed by atoms with Crippen LogP contribution in [-0.2, 0) is 9.53 Å². The second-order valence-electron chi connectivity index (χ2n) is 5.98. The van der Waals surface area contributed by atoms with Crippen molar-refractivity contribution in [2.24, 2.45) is 0 Å². The molecule has 134 valence electrons. The van der Waals surface area contributed by atoms with E-state index in [1.54, 1.807) is 6.92 Å². The Balaban J connectivity index is 1.56. The molecule has 0 N–H and O–H groups in total. The van der Waals surface area contributed by atoms with Gasteiger partial charge in [0.1, 0.15) is 5.75 Å². The summed E-state index contributed by atoms with van der Waals surface area (Å²) in [5.41, 5.74) is 3.07. The van der Waals surface area contributed by atoms with E-state index in [1.807, 2.05) is 62.4 Å². The minimum Gasteiger partial charge on any atom is -0.482 e. The second-order valence-corrected chi connectivity index (χ2v) is 5.98. The zero-order valence-electron chi connectivity index (χ0n) is 14.9. The summed E-state index contributed by atoms with van der Waals surface area (Å²) < 4.78 is 16.4. The fraction of sp³-hybridized carbons (Fsp3) is 0.250. The van der Waals surface area contributed by atoms with Gasteiger partial charge in [-0.05, 0) is 56.2 Å². The van der Waals surface area contributed by atoms with Gasteiger partial charge in [0.2, 0.25) is 5.89 Å². The molecular weight excluding hydrogens is 332 g/mol. The molecule has 3 aromatic rings. The van der Waals surface area contributed by atoms with E-state index in [-0.39, 0.29) is 12.5 Å². The van der Waals surface area contributed by atoms with Crippen molar-refractivity contribution in [2.45, 2.75) is 26.9 Å². The van der Waals surface area contributed by atoms with Gasteiger partial charge in [-0.3, -0.25) is 0 Å². The molecule has 0 spiro atoms. The fourth-order valence-corrected chi connectivity index (χ4v) is 2.32. The number of hydrogen-bond acceptors (Lipinski definition) is 6. The van der Waals surface area contributed by atoms with Crippen LogP contribution < -0.4 is 4.74 Å². The molecule has 26 heavy (non-hydrogen) atoms. The molecule has 0 aliphatic heterocycles. The lowest BCUT2D eigenvalue weighted by Gasteiger charge is -2.11. The maximum Gasteiger partial charge on any atom is 0.344 e. The van der Waals surface area contributed by atoms with Crippen LogP contribution in [0.15, 0.2) is 52.9 Å². The molecular formula is C20H20N2O4. The molecule has 1 atom stereocenters. The van der Waals surface area contributed by atoms with Crippen molar-refractivity contribution in [1.82, 2.24) is 10.2 Å². The second kappa shape index (κ2) is 7.82. The van der Waals surface area contributed by atoms with Crippen LogP contribution in [0, 0.1) is 13.8 Å². The maximum atomic E-state index is 12.0. The van der Waals surface area contributed by atoms with Crippen LogP contribution in [0.3, 0.4) is 0 Å². The average Bonchev–Trinajstić information content (AvgIpc) is 3.14. The first kappa shape index (κ1) is 17.7. The lowest BCUT2D eigenvalue weighted by molar-refractivity contribution is -0.152. The summed E-state index contributed by atoms with van der Waals surface area (Å²) in [6.45, 7) is 5.49. The lowest BCUT2D eigenvalue weighted by Crippen LogP contribution is -2.17. The lowest BCUT2D eigenvalue weighted by atomic mass is 10.1. The van der Waals surface area contributed by atoms with Gasteiger partial charge in [-0.1, -0.05) is 24.3 Å². The van der Waals surface area contributed by atoms with Crippen molar-refractivity contribution in [2.75, 3.05) is 6.61 Å². The SMILES string of the molecule is Cc1ccc(OCC(=O)OC(C)c2nnc(-c3ccccc3)o2)cc1C. The normalized spacial score (nSPS) is 11.8. The fourth-order valence-electron chi connectivity index (χ4n) is 2.32. The van der Waals surface area contributed by atoms with E-state index in [2.05, 4.69) is 10.2 Å². The summed E-state index contributed by atoms with van der Waals surface area (Å²) >= 11 is 0. The minimum atomic E-state index is -0.657. The van der Waals surface area contributed by atoms with Crippen LogP contribution >= 0.6 is 0 Å². The molecule has 1 heterocycles. The molecule has 2 aromatic carbocycles. The number of aryl methyl sites for hydroxylation is 2. The number of esters is 1. The largest absolute Gasteiger partial charge is 0.482 e. The number of nitrogens with zero attached hydrogens (tertiary/aromatic N) is 2. The number of rotatable bonds is 6. The molecule has 6 nitrogen and oxygen atoms in total. The third-order valence-electron chi connectivity index (χ3n) is 3.95. The molecule has 6 heteroatoms. The molecule has 1 unspecified atom stereocenters. The van der Waals surface area contributed by atoms with Crippen LogP contribution in [0.25, 0.3) is 11.5 Å². The molecule has 0 saturated carbocycles. The van der Waals surface area contributed by atoms with Gasteiger partial charge in [0.05, 0.1) is 0 Å². The van der Waals surface area contributed by atoms with E-state index in [1.165, 1.54) is 5.56 Å². The molecule has 0 saturated heterocycles. The number of aromatic nitrogens is 2. The number of hydrogen-bond donors (Lipinski definition) is 0. The van der Waals surface area contributed by atoms with E-state index in [4.69, 9.17) is 13.9 Å². The van der Waals surface area contributed by atoms with Gasteiger partial charge in [0.25, 0.3) is 5.89 Å². The Hall–Kier alpha value is -3.15. The number of ether oxygens (including phenoxy) is 2. The summed E-state index contributed by atoms with van der Waals surface area (Å²) in [7, 11) is 0. The Kier molecular flexibility index (Phi) is 5.31. The standard InChI is InChI=1S/C20H20N2O4/c1-13-9-10-17(11-14(13)2)24-12-18(23)25-15(3)19-21-22-20(26-19)16-7-5-4-6-8-16/h4-11,15H,12H2,1-3H3. The molecule has 0 bridgehead atoms. The van der Waals surface area contributed by atoms with Crippen molar-refractivity contribution in [3.8, 4) is 17.2 Å². The first-order valence-corrected chi connectivity index (χ1v) is 8.31. The Morgan fingerprint density at radius 1 is 1.08 bits per heavy atom. The van der Waals surface area contributed by atoms with Crippen molar-refractivity contribution < 1.29 is 18.7 Å². The summed E-state index contributed by atoms with van der Waals surface area (Å²) in [5, 5.41) is 7.94. The van der Waals surface area contributed by atoms with Crippen molar-refractivity contribution in [1.29, 1.82) is 0 Å².